The van der Waals surface area contributed by atoms with E-state index in [4.69, 9.17) is 0 Å². The van der Waals surface area contributed by atoms with Crippen LogP contribution in [0.1, 0.15) is 5.82 Å². The molecule has 1 aliphatic rings. The molecule has 0 spiro atoms. The second-order valence-electron chi connectivity index (χ2n) is 4.91. The number of alkyl halides is 2. The Morgan fingerprint density at radius 3 is 2.42 bits per heavy atom. The lowest BCUT2D eigenvalue weighted by Gasteiger charge is -2.26. The Morgan fingerprint density at radius 1 is 1.12 bits per heavy atom. The van der Waals surface area contributed by atoms with Gasteiger partial charge >= 0.3 is 6.61 Å². The van der Waals surface area contributed by atoms with Crippen molar-refractivity contribution in [2.75, 3.05) is 26.2 Å². The summed E-state index contributed by atoms with van der Waals surface area (Å²) < 4.78 is 30.2. The van der Waals surface area contributed by atoms with Gasteiger partial charge in [-0.1, -0.05) is 0 Å². The second kappa shape index (κ2) is 9.67. The molecule has 0 radical (unpaired) electrons. The van der Waals surface area contributed by atoms with E-state index in [0.717, 1.165) is 26.2 Å². The molecule has 24 heavy (non-hydrogen) atoms. The van der Waals surface area contributed by atoms with E-state index in [1.807, 2.05) is 0 Å². The number of nitrogens with zero attached hydrogens (tertiary/aromatic N) is 5. The molecule has 0 amide bonds. The van der Waals surface area contributed by atoms with Gasteiger partial charge in [-0.3, -0.25) is 4.90 Å². The van der Waals surface area contributed by atoms with Crippen LogP contribution in [0, 0.1) is 0 Å². The summed E-state index contributed by atoms with van der Waals surface area (Å²) in [7, 11) is 0. The van der Waals surface area contributed by atoms with Gasteiger partial charge in [-0.05, 0) is 34.7 Å². The predicted octanol–water partition coefficient (Wildman–Crippen LogP) is 1.51. The van der Waals surface area contributed by atoms with E-state index in [9.17, 15) is 8.78 Å². The molecule has 1 aromatic carbocycles. The third kappa shape index (κ3) is 5.23. The molecule has 1 aromatic heterocycles. The zero-order valence-electron chi connectivity index (χ0n) is 12.6. The highest BCUT2D eigenvalue weighted by molar-refractivity contribution is 5.85. The maximum Gasteiger partial charge on any atom is 0.387 e. The number of aromatic nitrogens is 4. The van der Waals surface area contributed by atoms with Crippen LogP contribution in [0.25, 0.3) is 5.69 Å². The monoisotopic (exact) mass is 382 g/mol. The van der Waals surface area contributed by atoms with Gasteiger partial charge in [0.05, 0.1) is 12.2 Å². The van der Waals surface area contributed by atoms with Crippen LogP contribution in [0.15, 0.2) is 24.3 Å². The molecule has 0 saturated carbocycles. The van der Waals surface area contributed by atoms with Crippen LogP contribution in [-0.4, -0.2) is 57.9 Å². The molecule has 3 rings (SSSR count). The van der Waals surface area contributed by atoms with Crippen molar-refractivity contribution in [1.82, 2.24) is 30.4 Å². The largest absolute Gasteiger partial charge is 0.435 e. The second-order valence-corrected chi connectivity index (χ2v) is 4.91. The molecule has 2 heterocycles. The number of piperazine rings is 1. The Hall–Kier alpha value is -1.55. The van der Waals surface area contributed by atoms with Crippen LogP contribution < -0.4 is 10.1 Å². The molecule has 134 valence electrons. The van der Waals surface area contributed by atoms with E-state index in [2.05, 4.69) is 30.5 Å². The molecule has 1 saturated heterocycles. The molecule has 1 fully saturated rings. The van der Waals surface area contributed by atoms with Gasteiger partial charge < -0.3 is 10.1 Å². The topological polar surface area (TPSA) is 68.1 Å². The van der Waals surface area contributed by atoms with Crippen molar-refractivity contribution in [2.24, 2.45) is 0 Å². The van der Waals surface area contributed by atoms with Gasteiger partial charge in [-0.2, -0.15) is 13.5 Å². The van der Waals surface area contributed by atoms with Gasteiger partial charge in [-0.15, -0.1) is 29.9 Å². The summed E-state index contributed by atoms with van der Waals surface area (Å²) in [6.07, 6.45) is 0. The molecular weight excluding hydrogens is 365 g/mol. The van der Waals surface area contributed by atoms with Gasteiger partial charge in [0, 0.05) is 26.2 Å². The fourth-order valence-electron chi connectivity index (χ4n) is 2.34. The number of rotatable bonds is 5. The lowest BCUT2D eigenvalue weighted by Crippen LogP contribution is -2.43. The standard InChI is InChI=1S/C13H16F2N6O.2ClH/c14-13(15)22-11-3-1-10(2-4-11)21-12(17-18-19-21)9-20-7-5-16-6-8-20;;/h1-4,13,16H,5-9H2;2*1H. The van der Waals surface area contributed by atoms with Crippen molar-refractivity contribution >= 4 is 24.8 Å². The lowest BCUT2D eigenvalue weighted by atomic mass is 10.3. The Labute approximate surface area is 150 Å². The first kappa shape index (κ1) is 20.5. The molecule has 7 nitrogen and oxygen atoms in total. The summed E-state index contributed by atoms with van der Waals surface area (Å²) in [5, 5.41) is 15.0. The number of hydrogen-bond donors (Lipinski definition) is 1. The molecular formula is C13H18Cl2F2N6O. The van der Waals surface area contributed by atoms with Crippen molar-refractivity contribution in [3.8, 4) is 11.4 Å². The van der Waals surface area contributed by atoms with E-state index in [-0.39, 0.29) is 30.6 Å². The summed E-state index contributed by atoms with van der Waals surface area (Å²) in [5.74, 6) is 0.819. The summed E-state index contributed by atoms with van der Waals surface area (Å²) in [6, 6.07) is 6.24. The number of hydrogen-bond acceptors (Lipinski definition) is 6. The zero-order chi connectivity index (χ0) is 15.4. The van der Waals surface area contributed by atoms with E-state index in [1.165, 1.54) is 12.1 Å². The van der Waals surface area contributed by atoms with Gasteiger partial charge in [0.2, 0.25) is 0 Å². The van der Waals surface area contributed by atoms with Crippen molar-refractivity contribution < 1.29 is 13.5 Å². The predicted molar refractivity (Wildman–Crippen MR) is 88.4 cm³/mol. The third-order valence-corrected chi connectivity index (χ3v) is 3.42. The molecule has 1 aliphatic heterocycles. The van der Waals surface area contributed by atoms with E-state index in [1.54, 1.807) is 16.8 Å². The maximum absolute atomic E-state index is 12.1. The maximum atomic E-state index is 12.1. The molecule has 2 aromatic rings. The minimum Gasteiger partial charge on any atom is -0.435 e. The number of benzene rings is 1. The first-order chi connectivity index (χ1) is 10.7. The van der Waals surface area contributed by atoms with Gasteiger partial charge in [0.25, 0.3) is 0 Å². The molecule has 0 bridgehead atoms. The van der Waals surface area contributed by atoms with Crippen LogP contribution in [0.4, 0.5) is 8.78 Å². The van der Waals surface area contributed by atoms with E-state index >= 15 is 0 Å². The SMILES string of the molecule is Cl.Cl.FC(F)Oc1ccc(-n2nnnc2CN2CCNCC2)cc1. The van der Waals surface area contributed by atoms with Gasteiger partial charge in [0.15, 0.2) is 5.82 Å². The lowest BCUT2D eigenvalue weighted by molar-refractivity contribution is -0.0498. The Balaban J connectivity index is 0.00000144. The minimum absolute atomic E-state index is 0. The first-order valence-corrected chi connectivity index (χ1v) is 6.98. The average Bonchev–Trinajstić information content (AvgIpc) is 2.97. The third-order valence-electron chi connectivity index (χ3n) is 3.42. The van der Waals surface area contributed by atoms with Gasteiger partial charge in [0.1, 0.15) is 5.75 Å². The Morgan fingerprint density at radius 2 is 1.79 bits per heavy atom. The van der Waals surface area contributed by atoms with Crippen molar-refractivity contribution in [3.05, 3.63) is 30.1 Å². The van der Waals surface area contributed by atoms with Gasteiger partial charge in [-0.25, -0.2) is 0 Å². The van der Waals surface area contributed by atoms with Crippen LogP contribution in [-0.2, 0) is 6.54 Å². The van der Waals surface area contributed by atoms with Crippen LogP contribution in [0.5, 0.6) is 5.75 Å². The van der Waals surface area contributed by atoms with E-state index in [0.29, 0.717) is 18.1 Å². The molecule has 1 N–H and O–H groups in total. The highest BCUT2D eigenvalue weighted by Crippen LogP contribution is 2.17. The van der Waals surface area contributed by atoms with Crippen molar-refractivity contribution in [2.45, 2.75) is 13.2 Å². The summed E-state index contributed by atoms with van der Waals surface area (Å²) in [4.78, 5) is 2.26. The molecule has 11 heteroatoms. The normalized spacial score (nSPS) is 14.8. The fourth-order valence-corrected chi connectivity index (χ4v) is 2.34. The quantitative estimate of drug-likeness (QED) is 0.845. The number of nitrogens with one attached hydrogen (secondary N) is 1. The first-order valence-electron chi connectivity index (χ1n) is 6.98. The minimum atomic E-state index is -2.83. The molecule has 0 unspecified atom stereocenters. The summed E-state index contributed by atoms with van der Waals surface area (Å²) in [6.45, 7) is 1.58. The molecule has 0 aliphatic carbocycles. The summed E-state index contributed by atoms with van der Waals surface area (Å²) in [5.41, 5.74) is 0.705. The zero-order valence-corrected chi connectivity index (χ0v) is 14.3. The number of tetrazole rings is 1. The average molecular weight is 383 g/mol. The van der Waals surface area contributed by atoms with Crippen LogP contribution >= 0.6 is 24.8 Å². The summed E-state index contributed by atoms with van der Waals surface area (Å²) >= 11 is 0. The van der Waals surface area contributed by atoms with E-state index < -0.39 is 6.61 Å². The highest BCUT2D eigenvalue weighted by atomic mass is 35.5. The molecule has 0 atom stereocenters. The van der Waals surface area contributed by atoms with Crippen molar-refractivity contribution in [1.29, 1.82) is 0 Å². The fraction of sp³-hybridized carbons (Fsp3) is 0.462. The number of halogens is 4. The number of ether oxygens (including phenoxy) is 1. The Kier molecular flexibility index (Phi) is 8.26. The highest BCUT2D eigenvalue weighted by Gasteiger charge is 2.15. The Bertz CT molecular complexity index is 607. The van der Waals surface area contributed by atoms with Crippen LogP contribution in [0.2, 0.25) is 0 Å². The van der Waals surface area contributed by atoms with Crippen molar-refractivity contribution in [3.63, 3.8) is 0 Å². The smallest absolute Gasteiger partial charge is 0.387 e. The van der Waals surface area contributed by atoms with Crippen LogP contribution in [0.3, 0.4) is 0 Å².